The molecule has 0 aliphatic rings. The summed E-state index contributed by atoms with van der Waals surface area (Å²) in [6.45, 7) is 5.24. The van der Waals surface area contributed by atoms with Crippen LogP contribution >= 0.6 is 0 Å². The van der Waals surface area contributed by atoms with Gasteiger partial charge in [0.2, 0.25) is 0 Å². The van der Waals surface area contributed by atoms with Crippen molar-refractivity contribution < 1.29 is 14.3 Å². The maximum absolute atomic E-state index is 12.3. The average molecular weight is 393 g/mol. The molecule has 0 saturated heterocycles. The number of ether oxygens (including phenoxy) is 2. The normalized spacial score (nSPS) is 10.9. The highest BCUT2D eigenvalue weighted by Crippen LogP contribution is 2.26. The van der Waals surface area contributed by atoms with Crippen LogP contribution in [-0.2, 0) is 4.74 Å². The molecule has 0 radical (unpaired) electrons. The largest absolute Gasteiger partial charge is 0.497 e. The van der Waals surface area contributed by atoms with Gasteiger partial charge in [-0.05, 0) is 56.2 Å². The fraction of sp³-hybridized carbons (Fsp3) is 0.304. The Labute approximate surface area is 171 Å². The van der Waals surface area contributed by atoms with Gasteiger partial charge >= 0.3 is 0 Å². The maximum Gasteiger partial charge on any atom is 0.251 e. The fourth-order valence-electron chi connectivity index (χ4n) is 2.90. The third-order valence-corrected chi connectivity index (χ3v) is 4.46. The number of carbonyl (C=O) groups is 1. The average Bonchev–Trinajstić information content (AvgIpc) is 3.23. The Balaban J connectivity index is 1.60. The Hall–Kier alpha value is -3.12. The Kier molecular flexibility index (Phi) is 7.03. The summed E-state index contributed by atoms with van der Waals surface area (Å²) >= 11 is 0. The van der Waals surface area contributed by atoms with Crippen LogP contribution in [0.5, 0.6) is 5.75 Å². The summed E-state index contributed by atoms with van der Waals surface area (Å²) in [5.74, 6) is 0.709. The van der Waals surface area contributed by atoms with Crippen molar-refractivity contribution in [3.63, 3.8) is 0 Å². The summed E-state index contributed by atoms with van der Waals surface area (Å²) in [5, 5.41) is 10.4. The van der Waals surface area contributed by atoms with Gasteiger partial charge < -0.3 is 14.8 Å². The summed E-state index contributed by atoms with van der Waals surface area (Å²) in [7, 11) is 1.65. The van der Waals surface area contributed by atoms with Crippen molar-refractivity contribution >= 4 is 5.91 Å². The van der Waals surface area contributed by atoms with Crippen molar-refractivity contribution in [2.24, 2.45) is 0 Å². The highest BCUT2D eigenvalue weighted by atomic mass is 16.5. The molecule has 2 N–H and O–H groups in total. The molecule has 0 bridgehead atoms. The van der Waals surface area contributed by atoms with Gasteiger partial charge in [0.15, 0.2) is 0 Å². The first-order valence-electron chi connectivity index (χ1n) is 9.77. The van der Waals surface area contributed by atoms with Crippen LogP contribution in [0, 0.1) is 0 Å². The Morgan fingerprint density at radius 3 is 2.62 bits per heavy atom. The number of nitrogens with zero attached hydrogens (tertiary/aromatic N) is 1. The SMILES string of the molecule is COc1cccc(-c2cc(-c3ccc(C(=O)NCCCOC(C)C)cc3)[nH]n2)c1. The van der Waals surface area contributed by atoms with Crippen molar-refractivity contribution in [1.29, 1.82) is 0 Å². The van der Waals surface area contributed by atoms with Gasteiger partial charge in [-0.1, -0.05) is 24.3 Å². The van der Waals surface area contributed by atoms with Gasteiger partial charge in [0.05, 0.1) is 24.6 Å². The summed E-state index contributed by atoms with van der Waals surface area (Å²) in [5.41, 5.74) is 4.30. The zero-order chi connectivity index (χ0) is 20.6. The van der Waals surface area contributed by atoms with Gasteiger partial charge in [-0.2, -0.15) is 5.10 Å². The van der Waals surface area contributed by atoms with E-state index in [1.807, 2.05) is 68.4 Å². The van der Waals surface area contributed by atoms with E-state index in [-0.39, 0.29) is 12.0 Å². The van der Waals surface area contributed by atoms with E-state index in [4.69, 9.17) is 9.47 Å². The number of amides is 1. The van der Waals surface area contributed by atoms with E-state index in [0.717, 1.165) is 34.7 Å². The Morgan fingerprint density at radius 1 is 1.10 bits per heavy atom. The van der Waals surface area contributed by atoms with Crippen LogP contribution in [0.15, 0.2) is 54.6 Å². The van der Waals surface area contributed by atoms with E-state index < -0.39 is 0 Å². The molecule has 0 fully saturated rings. The van der Waals surface area contributed by atoms with Gasteiger partial charge in [0, 0.05) is 24.3 Å². The summed E-state index contributed by atoms with van der Waals surface area (Å²) in [6.07, 6.45) is 1.01. The number of H-pyrrole nitrogens is 1. The number of aromatic nitrogens is 2. The molecule has 29 heavy (non-hydrogen) atoms. The molecule has 0 spiro atoms. The molecule has 1 heterocycles. The number of methoxy groups -OCH3 is 1. The highest BCUT2D eigenvalue weighted by molar-refractivity contribution is 5.94. The molecule has 3 aromatic rings. The fourth-order valence-corrected chi connectivity index (χ4v) is 2.90. The molecular formula is C23H27N3O3. The third kappa shape index (κ3) is 5.68. The zero-order valence-corrected chi connectivity index (χ0v) is 17.1. The molecule has 6 heteroatoms. The van der Waals surface area contributed by atoms with Crippen molar-refractivity contribution in [2.75, 3.05) is 20.3 Å². The maximum atomic E-state index is 12.3. The zero-order valence-electron chi connectivity index (χ0n) is 17.1. The van der Waals surface area contributed by atoms with E-state index in [9.17, 15) is 4.79 Å². The monoisotopic (exact) mass is 393 g/mol. The second kappa shape index (κ2) is 9.89. The second-order valence-corrected chi connectivity index (χ2v) is 7.01. The van der Waals surface area contributed by atoms with Gasteiger partial charge in [-0.25, -0.2) is 0 Å². The first-order chi connectivity index (χ1) is 14.1. The van der Waals surface area contributed by atoms with Gasteiger partial charge in [-0.3, -0.25) is 9.89 Å². The molecule has 0 saturated carbocycles. The molecule has 6 nitrogen and oxygen atoms in total. The minimum absolute atomic E-state index is 0.0808. The molecule has 0 aliphatic heterocycles. The molecule has 0 atom stereocenters. The van der Waals surface area contributed by atoms with Crippen LogP contribution in [0.1, 0.15) is 30.6 Å². The van der Waals surface area contributed by atoms with Crippen LogP contribution in [0.3, 0.4) is 0 Å². The number of aromatic amines is 1. The molecular weight excluding hydrogens is 366 g/mol. The molecule has 1 amide bonds. The highest BCUT2D eigenvalue weighted by Gasteiger charge is 2.09. The quantitative estimate of drug-likeness (QED) is 0.532. The van der Waals surface area contributed by atoms with Crippen LogP contribution in [0.2, 0.25) is 0 Å². The van der Waals surface area contributed by atoms with Gasteiger partial charge in [0.1, 0.15) is 5.75 Å². The Morgan fingerprint density at radius 2 is 1.90 bits per heavy atom. The van der Waals surface area contributed by atoms with Crippen molar-refractivity contribution in [2.45, 2.75) is 26.4 Å². The van der Waals surface area contributed by atoms with Gasteiger partial charge in [0.25, 0.3) is 5.91 Å². The predicted molar refractivity (Wildman–Crippen MR) is 114 cm³/mol. The number of carbonyl (C=O) groups excluding carboxylic acids is 1. The smallest absolute Gasteiger partial charge is 0.251 e. The van der Waals surface area contributed by atoms with Gasteiger partial charge in [-0.15, -0.1) is 0 Å². The summed E-state index contributed by atoms with van der Waals surface area (Å²) < 4.78 is 10.7. The third-order valence-electron chi connectivity index (χ3n) is 4.46. The molecule has 0 aliphatic carbocycles. The number of hydrogen-bond acceptors (Lipinski definition) is 4. The standard InChI is InChI=1S/C23H27N3O3/c1-16(2)29-13-5-12-24-23(27)18-10-8-17(9-11-18)21-15-22(26-25-21)19-6-4-7-20(14-19)28-3/h4,6-11,14-16H,5,12-13H2,1-3H3,(H,24,27)(H,25,26). The van der Waals surface area contributed by atoms with E-state index in [1.165, 1.54) is 0 Å². The summed E-state index contributed by atoms with van der Waals surface area (Å²) in [4.78, 5) is 12.3. The van der Waals surface area contributed by atoms with Crippen molar-refractivity contribution in [3.05, 3.63) is 60.2 Å². The lowest BCUT2D eigenvalue weighted by atomic mass is 10.1. The van der Waals surface area contributed by atoms with Crippen LogP contribution in [0.25, 0.3) is 22.5 Å². The molecule has 0 unspecified atom stereocenters. The van der Waals surface area contributed by atoms with E-state index in [1.54, 1.807) is 7.11 Å². The predicted octanol–water partition coefficient (Wildman–Crippen LogP) is 4.30. The summed E-state index contributed by atoms with van der Waals surface area (Å²) in [6, 6.07) is 17.2. The Bertz CT molecular complexity index is 933. The number of hydrogen-bond donors (Lipinski definition) is 2. The lowest BCUT2D eigenvalue weighted by Crippen LogP contribution is -2.25. The van der Waals surface area contributed by atoms with Crippen molar-refractivity contribution in [1.82, 2.24) is 15.5 Å². The second-order valence-electron chi connectivity index (χ2n) is 7.01. The minimum Gasteiger partial charge on any atom is -0.497 e. The molecule has 152 valence electrons. The molecule has 1 aromatic heterocycles. The van der Waals surface area contributed by atoms with Crippen molar-refractivity contribution in [3.8, 4) is 28.3 Å². The molecule has 3 rings (SSSR count). The van der Waals surface area contributed by atoms with E-state index in [0.29, 0.717) is 18.7 Å². The topological polar surface area (TPSA) is 76.2 Å². The lowest BCUT2D eigenvalue weighted by molar-refractivity contribution is 0.0757. The van der Waals surface area contributed by atoms with E-state index >= 15 is 0 Å². The number of rotatable bonds is 9. The minimum atomic E-state index is -0.0808. The van der Waals surface area contributed by atoms with Crippen LogP contribution in [0.4, 0.5) is 0 Å². The van der Waals surface area contributed by atoms with Crippen LogP contribution < -0.4 is 10.1 Å². The first kappa shape index (κ1) is 20.6. The lowest BCUT2D eigenvalue weighted by Gasteiger charge is -2.08. The van der Waals surface area contributed by atoms with E-state index in [2.05, 4.69) is 15.5 Å². The molecule has 2 aromatic carbocycles. The van der Waals surface area contributed by atoms with Crippen LogP contribution in [-0.4, -0.2) is 42.5 Å². The number of benzene rings is 2. The first-order valence-corrected chi connectivity index (χ1v) is 9.77. The number of nitrogens with one attached hydrogen (secondary N) is 2.